The summed E-state index contributed by atoms with van der Waals surface area (Å²) in [6.45, 7) is 3.73. The van der Waals surface area contributed by atoms with Gasteiger partial charge in [0.25, 0.3) is 0 Å². The fourth-order valence-corrected chi connectivity index (χ4v) is 3.18. The number of rotatable bonds is 2. The van der Waals surface area contributed by atoms with Crippen molar-refractivity contribution in [2.45, 2.75) is 13.8 Å². The third-order valence-electron chi connectivity index (χ3n) is 4.55. The number of nitrogens with two attached hydrogens (primary N) is 1. The van der Waals surface area contributed by atoms with Gasteiger partial charge in [0.1, 0.15) is 18.0 Å². The summed E-state index contributed by atoms with van der Waals surface area (Å²) < 4.78 is 14.2. The van der Waals surface area contributed by atoms with Crippen molar-refractivity contribution in [3.63, 3.8) is 0 Å². The normalized spacial score (nSPS) is 11.0. The highest BCUT2D eigenvalue weighted by Crippen LogP contribution is 2.34. The maximum absolute atomic E-state index is 14.2. The molecular formula is C21H17FN4. The Hall–Kier alpha value is -3.34. The van der Waals surface area contributed by atoms with Crippen LogP contribution in [0.2, 0.25) is 0 Å². The van der Waals surface area contributed by atoms with Gasteiger partial charge in [-0.1, -0.05) is 18.2 Å². The monoisotopic (exact) mass is 344 g/mol. The Balaban J connectivity index is 1.95. The molecule has 0 aliphatic heterocycles. The number of benzene rings is 2. The second-order valence-electron chi connectivity index (χ2n) is 6.31. The molecule has 0 aliphatic carbocycles. The number of nitrogens with zero attached hydrogens (tertiary/aromatic N) is 3. The number of hydrogen-bond donors (Lipinski definition) is 1. The van der Waals surface area contributed by atoms with Gasteiger partial charge in [0.05, 0.1) is 11.2 Å². The molecule has 0 aliphatic rings. The van der Waals surface area contributed by atoms with E-state index in [2.05, 4.69) is 15.0 Å². The molecule has 0 radical (unpaired) electrons. The Bertz CT molecular complexity index is 1140. The van der Waals surface area contributed by atoms with Crippen molar-refractivity contribution in [2.24, 2.45) is 0 Å². The van der Waals surface area contributed by atoms with E-state index in [1.54, 1.807) is 19.2 Å². The van der Waals surface area contributed by atoms with E-state index in [0.29, 0.717) is 11.4 Å². The first-order valence-electron chi connectivity index (χ1n) is 8.27. The van der Waals surface area contributed by atoms with E-state index in [1.807, 2.05) is 43.3 Å². The summed E-state index contributed by atoms with van der Waals surface area (Å²) in [6.07, 6.45) is 3.17. The molecule has 0 spiro atoms. The Morgan fingerprint density at radius 3 is 2.58 bits per heavy atom. The zero-order chi connectivity index (χ0) is 18.3. The van der Waals surface area contributed by atoms with Crippen LogP contribution >= 0.6 is 0 Å². The molecule has 4 nitrogen and oxygen atoms in total. The molecule has 2 aromatic carbocycles. The van der Waals surface area contributed by atoms with Crippen LogP contribution in [0, 0.1) is 19.7 Å². The van der Waals surface area contributed by atoms with Crippen LogP contribution in [0.5, 0.6) is 0 Å². The van der Waals surface area contributed by atoms with Gasteiger partial charge in [-0.05, 0) is 54.8 Å². The maximum Gasteiger partial charge on any atom is 0.134 e. The predicted octanol–water partition coefficient (Wildman–Crippen LogP) is 4.70. The van der Waals surface area contributed by atoms with Gasteiger partial charge < -0.3 is 5.73 Å². The van der Waals surface area contributed by atoms with Gasteiger partial charge in [-0.2, -0.15) is 0 Å². The second kappa shape index (κ2) is 6.19. The van der Waals surface area contributed by atoms with E-state index in [1.165, 1.54) is 6.33 Å². The lowest BCUT2D eigenvalue weighted by Gasteiger charge is -2.13. The molecule has 0 saturated heterocycles. The van der Waals surface area contributed by atoms with Gasteiger partial charge in [0, 0.05) is 22.7 Å². The summed E-state index contributed by atoms with van der Waals surface area (Å²) in [5, 5.41) is 0.784. The third kappa shape index (κ3) is 2.67. The first-order valence-corrected chi connectivity index (χ1v) is 8.27. The molecule has 0 atom stereocenters. The van der Waals surface area contributed by atoms with E-state index >= 15 is 0 Å². The number of aryl methyl sites for hydroxylation is 2. The lowest BCUT2D eigenvalue weighted by atomic mass is 9.95. The van der Waals surface area contributed by atoms with E-state index < -0.39 is 0 Å². The Morgan fingerprint density at radius 1 is 0.885 bits per heavy atom. The Kier molecular flexibility index (Phi) is 3.84. The van der Waals surface area contributed by atoms with Crippen molar-refractivity contribution in [2.75, 3.05) is 5.73 Å². The molecule has 26 heavy (non-hydrogen) atoms. The molecule has 2 heterocycles. The first-order chi connectivity index (χ1) is 12.5. The summed E-state index contributed by atoms with van der Waals surface area (Å²) in [5.41, 5.74) is 11.7. The molecule has 0 unspecified atom stereocenters. The van der Waals surface area contributed by atoms with Crippen molar-refractivity contribution in [3.05, 3.63) is 71.9 Å². The number of hydrogen-bond acceptors (Lipinski definition) is 4. The molecule has 4 aromatic rings. The van der Waals surface area contributed by atoms with E-state index in [9.17, 15) is 4.39 Å². The van der Waals surface area contributed by atoms with Crippen molar-refractivity contribution >= 4 is 16.7 Å². The molecule has 0 bridgehead atoms. The first kappa shape index (κ1) is 16.1. The quantitative estimate of drug-likeness (QED) is 0.572. The summed E-state index contributed by atoms with van der Waals surface area (Å²) in [6, 6.07) is 13.1. The minimum atomic E-state index is -0.238. The number of nitrogen functional groups attached to an aromatic ring is 1. The zero-order valence-electron chi connectivity index (χ0n) is 14.5. The van der Waals surface area contributed by atoms with Crippen LogP contribution in [0.3, 0.4) is 0 Å². The average molecular weight is 344 g/mol. The molecule has 5 heteroatoms. The summed E-state index contributed by atoms with van der Waals surface area (Å²) >= 11 is 0. The molecule has 0 fully saturated rings. The lowest BCUT2D eigenvalue weighted by molar-refractivity contribution is 0.618. The van der Waals surface area contributed by atoms with Crippen LogP contribution in [-0.4, -0.2) is 15.0 Å². The van der Waals surface area contributed by atoms with Gasteiger partial charge >= 0.3 is 0 Å². The van der Waals surface area contributed by atoms with Crippen molar-refractivity contribution in [1.82, 2.24) is 15.0 Å². The average Bonchev–Trinajstić information content (AvgIpc) is 2.65. The smallest absolute Gasteiger partial charge is 0.134 e. The second-order valence-corrected chi connectivity index (χ2v) is 6.31. The van der Waals surface area contributed by atoms with Crippen LogP contribution < -0.4 is 5.73 Å². The highest BCUT2D eigenvalue weighted by Gasteiger charge is 2.14. The molecule has 2 aromatic heterocycles. The zero-order valence-corrected chi connectivity index (χ0v) is 14.5. The van der Waals surface area contributed by atoms with Crippen molar-refractivity contribution in [3.8, 4) is 22.4 Å². The highest BCUT2D eigenvalue weighted by molar-refractivity contribution is 5.93. The van der Waals surface area contributed by atoms with Gasteiger partial charge in [-0.3, -0.25) is 4.98 Å². The molecule has 0 saturated carbocycles. The lowest BCUT2D eigenvalue weighted by Crippen LogP contribution is -1.96. The maximum atomic E-state index is 14.2. The minimum absolute atomic E-state index is 0.238. The molecule has 2 N–H and O–H groups in total. The van der Waals surface area contributed by atoms with Gasteiger partial charge in [0.15, 0.2) is 0 Å². The predicted molar refractivity (Wildman–Crippen MR) is 102 cm³/mol. The van der Waals surface area contributed by atoms with Crippen LogP contribution in [0.15, 0.2) is 55.0 Å². The van der Waals surface area contributed by atoms with Gasteiger partial charge in [0.2, 0.25) is 0 Å². The number of anilines is 1. The Morgan fingerprint density at radius 2 is 1.73 bits per heavy atom. The molecule has 4 rings (SSSR count). The minimum Gasteiger partial charge on any atom is -0.383 e. The summed E-state index contributed by atoms with van der Waals surface area (Å²) in [5.74, 6) is 0.193. The number of aromatic nitrogens is 3. The number of halogens is 1. The molecular weight excluding hydrogens is 327 g/mol. The van der Waals surface area contributed by atoms with E-state index in [-0.39, 0.29) is 5.82 Å². The van der Waals surface area contributed by atoms with Gasteiger partial charge in [-0.25, -0.2) is 14.4 Å². The highest BCUT2D eigenvalue weighted by atomic mass is 19.1. The summed E-state index contributed by atoms with van der Waals surface area (Å²) in [7, 11) is 0. The van der Waals surface area contributed by atoms with Crippen molar-refractivity contribution < 1.29 is 4.39 Å². The SMILES string of the molecule is Cc1cc(C)c(-c2ncccc2-c2ccc3ncnc(N)c3c2)cc1F. The van der Waals surface area contributed by atoms with E-state index in [4.69, 9.17) is 5.73 Å². The number of fused-ring (bicyclic) bond motifs is 1. The van der Waals surface area contributed by atoms with Crippen LogP contribution in [0.1, 0.15) is 11.1 Å². The topological polar surface area (TPSA) is 64.7 Å². The van der Waals surface area contributed by atoms with Crippen LogP contribution in [-0.2, 0) is 0 Å². The van der Waals surface area contributed by atoms with E-state index in [0.717, 1.165) is 38.9 Å². The summed E-state index contributed by atoms with van der Waals surface area (Å²) in [4.78, 5) is 12.8. The fourth-order valence-electron chi connectivity index (χ4n) is 3.18. The fraction of sp³-hybridized carbons (Fsp3) is 0.0952. The Labute approximate surface area is 150 Å². The van der Waals surface area contributed by atoms with Crippen molar-refractivity contribution in [1.29, 1.82) is 0 Å². The van der Waals surface area contributed by atoms with Crippen LogP contribution in [0.4, 0.5) is 10.2 Å². The van der Waals surface area contributed by atoms with Gasteiger partial charge in [-0.15, -0.1) is 0 Å². The van der Waals surface area contributed by atoms with Crippen LogP contribution in [0.25, 0.3) is 33.3 Å². The third-order valence-corrected chi connectivity index (χ3v) is 4.55. The largest absolute Gasteiger partial charge is 0.383 e. The molecule has 0 amide bonds. The molecule has 128 valence electrons. The number of pyridine rings is 1. The standard InChI is InChI=1S/C21H17FN4/c1-12-8-13(2)18(22)10-16(12)20-15(4-3-7-24-20)14-5-6-19-17(9-14)21(23)26-11-25-19/h3-11H,1-2H3,(H2,23,25,26).